The summed E-state index contributed by atoms with van der Waals surface area (Å²) in [6, 6.07) is 9.52. The standard InChI is InChI=1S/C13H18N4OS2/c1-11(2)10-17-13(14-15-16-17)19-8-9-20(18)12-6-4-3-5-7-12/h3-7,11H,8-10H2,1-2H3/t20-/m1/s1. The molecule has 1 atom stereocenters. The van der Waals surface area contributed by atoms with Crippen LogP contribution < -0.4 is 0 Å². The summed E-state index contributed by atoms with van der Waals surface area (Å²) >= 11 is 1.55. The van der Waals surface area contributed by atoms with Crippen LogP contribution in [0.2, 0.25) is 0 Å². The van der Waals surface area contributed by atoms with Crippen LogP contribution >= 0.6 is 11.8 Å². The summed E-state index contributed by atoms with van der Waals surface area (Å²) in [4.78, 5) is 0.870. The van der Waals surface area contributed by atoms with Gasteiger partial charge in [0.2, 0.25) is 5.16 Å². The molecule has 2 aromatic rings. The van der Waals surface area contributed by atoms with Crippen molar-refractivity contribution in [3.63, 3.8) is 0 Å². The van der Waals surface area contributed by atoms with E-state index in [0.29, 0.717) is 11.7 Å². The summed E-state index contributed by atoms with van der Waals surface area (Å²) in [7, 11) is -0.961. The number of rotatable bonds is 7. The average Bonchev–Trinajstić information content (AvgIpc) is 2.86. The minimum absolute atomic E-state index is 0.497. The average molecular weight is 310 g/mol. The summed E-state index contributed by atoms with van der Waals surface area (Å²) in [5.41, 5.74) is 0. The second-order valence-corrected chi connectivity index (χ2v) is 7.38. The highest BCUT2D eigenvalue weighted by Crippen LogP contribution is 2.16. The molecule has 108 valence electrons. The van der Waals surface area contributed by atoms with E-state index in [2.05, 4.69) is 29.4 Å². The van der Waals surface area contributed by atoms with Crippen molar-refractivity contribution in [3.8, 4) is 0 Å². The van der Waals surface area contributed by atoms with Gasteiger partial charge in [0.25, 0.3) is 0 Å². The first kappa shape index (κ1) is 15.2. The Labute approximate surface area is 125 Å². The fourth-order valence-electron chi connectivity index (χ4n) is 1.66. The molecular weight excluding hydrogens is 292 g/mol. The maximum absolute atomic E-state index is 12.1. The van der Waals surface area contributed by atoms with Crippen LogP contribution in [0.25, 0.3) is 0 Å². The monoisotopic (exact) mass is 310 g/mol. The van der Waals surface area contributed by atoms with Gasteiger partial charge in [0.05, 0.1) is 10.8 Å². The number of hydrogen-bond donors (Lipinski definition) is 0. The largest absolute Gasteiger partial charge is 0.254 e. The second kappa shape index (κ2) is 7.54. The van der Waals surface area contributed by atoms with E-state index in [9.17, 15) is 4.21 Å². The Bertz CT molecular complexity index is 557. The van der Waals surface area contributed by atoms with Crippen molar-refractivity contribution in [1.29, 1.82) is 0 Å². The van der Waals surface area contributed by atoms with E-state index >= 15 is 0 Å². The van der Waals surface area contributed by atoms with Crippen molar-refractivity contribution in [1.82, 2.24) is 20.2 Å². The van der Waals surface area contributed by atoms with E-state index < -0.39 is 10.8 Å². The fraction of sp³-hybridized carbons (Fsp3) is 0.462. The summed E-state index contributed by atoms with van der Waals surface area (Å²) in [5, 5.41) is 12.5. The second-order valence-electron chi connectivity index (χ2n) is 4.75. The predicted octanol–water partition coefficient (Wildman–Crippen LogP) is 2.23. The molecule has 5 nitrogen and oxygen atoms in total. The third-order valence-corrected chi connectivity index (χ3v) is 5.13. The third-order valence-electron chi connectivity index (χ3n) is 2.54. The summed E-state index contributed by atoms with van der Waals surface area (Å²) in [6.45, 7) is 5.05. The number of nitrogens with zero attached hydrogens (tertiary/aromatic N) is 4. The molecule has 1 aromatic heterocycles. The Morgan fingerprint density at radius 2 is 2.05 bits per heavy atom. The number of tetrazole rings is 1. The zero-order chi connectivity index (χ0) is 14.4. The van der Waals surface area contributed by atoms with Gasteiger partial charge in [-0.05, 0) is 28.5 Å². The smallest absolute Gasteiger partial charge is 0.209 e. The lowest BCUT2D eigenvalue weighted by molar-refractivity contribution is 0.446. The van der Waals surface area contributed by atoms with Gasteiger partial charge < -0.3 is 0 Å². The molecule has 0 aliphatic rings. The molecule has 0 unspecified atom stereocenters. The van der Waals surface area contributed by atoms with Crippen molar-refractivity contribution < 1.29 is 4.21 Å². The van der Waals surface area contributed by atoms with Crippen molar-refractivity contribution >= 4 is 22.6 Å². The summed E-state index contributed by atoms with van der Waals surface area (Å²) in [5.74, 6) is 1.83. The Kier molecular flexibility index (Phi) is 5.72. The van der Waals surface area contributed by atoms with Gasteiger partial charge in [-0.2, -0.15) is 0 Å². The number of benzene rings is 1. The van der Waals surface area contributed by atoms with Gasteiger partial charge in [0, 0.05) is 22.9 Å². The first-order valence-electron chi connectivity index (χ1n) is 6.49. The maximum atomic E-state index is 12.1. The SMILES string of the molecule is CC(C)Cn1nnnc1SCC[S@@](=O)c1ccccc1. The van der Waals surface area contributed by atoms with Gasteiger partial charge in [0.1, 0.15) is 0 Å². The molecule has 1 heterocycles. The molecule has 0 amide bonds. The topological polar surface area (TPSA) is 60.7 Å². The predicted molar refractivity (Wildman–Crippen MR) is 81.1 cm³/mol. The van der Waals surface area contributed by atoms with Gasteiger partial charge in [0.15, 0.2) is 0 Å². The fourth-order valence-corrected chi connectivity index (χ4v) is 3.83. The quantitative estimate of drug-likeness (QED) is 0.734. The Morgan fingerprint density at radius 3 is 2.75 bits per heavy atom. The molecule has 2 rings (SSSR count). The molecule has 0 N–H and O–H groups in total. The molecule has 0 saturated carbocycles. The van der Waals surface area contributed by atoms with E-state index in [1.165, 1.54) is 0 Å². The van der Waals surface area contributed by atoms with Gasteiger partial charge in [-0.15, -0.1) is 5.10 Å². The molecular formula is C13H18N4OS2. The van der Waals surface area contributed by atoms with E-state index in [4.69, 9.17) is 0 Å². The first-order chi connectivity index (χ1) is 9.66. The van der Waals surface area contributed by atoms with Crippen LogP contribution in [0.1, 0.15) is 13.8 Å². The van der Waals surface area contributed by atoms with Gasteiger partial charge in [-0.3, -0.25) is 4.21 Å². The van der Waals surface area contributed by atoms with E-state index in [-0.39, 0.29) is 0 Å². The highest BCUT2D eigenvalue weighted by atomic mass is 32.2. The van der Waals surface area contributed by atoms with E-state index in [1.54, 1.807) is 16.4 Å². The molecule has 0 spiro atoms. The number of thioether (sulfide) groups is 1. The Balaban J connectivity index is 1.84. The zero-order valence-corrected chi connectivity index (χ0v) is 13.2. The molecule has 1 aromatic carbocycles. The van der Waals surface area contributed by atoms with Crippen LogP contribution in [-0.4, -0.2) is 35.9 Å². The van der Waals surface area contributed by atoms with Crippen molar-refractivity contribution in [3.05, 3.63) is 30.3 Å². The van der Waals surface area contributed by atoms with Crippen LogP contribution in [0.5, 0.6) is 0 Å². The zero-order valence-electron chi connectivity index (χ0n) is 11.6. The summed E-state index contributed by atoms with van der Waals surface area (Å²) in [6.07, 6.45) is 0. The van der Waals surface area contributed by atoms with Crippen LogP contribution in [-0.2, 0) is 17.3 Å². The van der Waals surface area contributed by atoms with Crippen molar-refractivity contribution in [2.75, 3.05) is 11.5 Å². The maximum Gasteiger partial charge on any atom is 0.209 e. The normalized spacial score (nSPS) is 12.8. The number of aromatic nitrogens is 4. The van der Waals surface area contributed by atoms with Gasteiger partial charge in [-0.25, -0.2) is 4.68 Å². The van der Waals surface area contributed by atoms with Crippen LogP contribution in [0.3, 0.4) is 0 Å². The molecule has 20 heavy (non-hydrogen) atoms. The minimum Gasteiger partial charge on any atom is -0.254 e. The van der Waals surface area contributed by atoms with Crippen LogP contribution in [0.15, 0.2) is 40.4 Å². The third kappa shape index (κ3) is 4.42. The van der Waals surface area contributed by atoms with Crippen LogP contribution in [0.4, 0.5) is 0 Å². The van der Waals surface area contributed by atoms with Crippen molar-refractivity contribution in [2.45, 2.75) is 30.4 Å². The Morgan fingerprint density at radius 1 is 1.30 bits per heavy atom. The first-order valence-corrected chi connectivity index (χ1v) is 8.79. The summed E-state index contributed by atoms with van der Waals surface area (Å²) < 4.78 is 13.9. The lowest BCUT2D eigenvalue weighted by Gasteiger charge is -2.06. The lowest BCUT2D eigenvalue weighted by Crippen LogP contribution is -2.08. The van der Waals surface area contributed by atoms with Gasteiger partial charge in [-0.1, -0.05) is 43.8 Å². The molecule has 0 aliphatic heterocycles. The van der Waals surface area contributed by atoms with E-state index in [0.717, 1.165) is 22.3 Å². The van der Waals surface area contributed by atoms with Gasteiger partial charge >= 0.3 is 0 Å². The molecule has 0 bridgehead atoms. The molecule has 0 fully saturated rings. The molecule has 7 heteroatoms. The highest BCUT2D eigenvalue weighted by Gasteiger charge is 2.09. The molecule has 0 aliphatic carbocycles. The lowest BCUT2D eigenvalue weighted by atomic mass is 10.2. The minimum atomic E-state index is -0.961. The highest BCUT2D eigenvalue weighted by molar-refractivity contribution is 8.00. The van der Waals surface area contributed by atoms with Crippen LogP contribution in [0, 0.1) is 5.92 Å². The van der Waals surface area contributed by atoms with E-state index in [1.807, 2.05) is 30.3 Å². The Hall–Kier alpha value is -1.21. The molecule has 0 saturated heterocycles. The molecule has 0 radical (unpaired) electrons. The number of hydrogen-bond acceptors (Lipinski definition) is 5. The van der Waals surface area contributed by atoms with Crippen molar-refractivity contribution in [2.24, 2.45) is 5.92 Å².